The molecule has 0 spiro atoms. The summed E-state index contributed by atoms with van der Waals surface area (Å²) < 4.78 is 0. The maximum absolute atomic E-state index is 11.3. The second-order valence-electron chi connectivity index (χ2n) is 3.05. The summed E-state index contributed by atoms with van der Waals surface area (Å²) in [6.45, 7) is -0.242. The first-order valence-corrected chi connectivity index (χ1v) is 4.47. The molecule has 0 aliphatic heterocycles. The molecular weight excluding hydrogens is 182 g/mol. The van der Waals surface area contributed by atoms with Crippen LogP contribution in [0.1, 0.15) is 25.7 Å². The van der Waals surface area contributed by atoms with Crippen molar-refractivity contribution in [3.05, 3.63) is 0 Å². The number of nitrogens with zero attached hydrogens (tertiary/aromatic N) is 1. The Hall–Kier alpha value is -1.50. The number of terminal acetylenes is 1. The van der Waals surface area contributed by atoms with Crippen LogP contribution in [0.4, 0.5) is 0 Å². The fourth-order valence-electron chi connectivity index (χ4n) is 0.985. The molecule has 0 radical (unpaired) electrons. The minimum Gasteiger partial charge on any atom is -0.480 e. The van der Waals surface area contributed by atoms with E-state index in [-0.39, 0.29) is 12.5 Å². The van der Waals surface area contributed by atoms with Gasteiger partial charge in [0.1, 0.15) is 6.54 Å². The van der Waals surface area contributed by atoms with Crippen molar-refractivity contribution in [3.8, 4) is 12.3 Å². The van der Waals surface area contributed by atoms with Gasteiger partial charge in [-0.25, -0.2) is 0 Å². The number of carboxylic acids is 1. The van der Waals surface area contributed by atoms with Gasteiger partial charge < -0.3 is 10.0 Å². The van der Waals surface area contributed by atoms with Gasteiger partial charge in [-0.05, 0) is 12.8 Å². The summed E-state index contributed by atoms with van der Waals surface area (Å²) in [5, 5.41) is 8.42. The van der Waals surface area contributed by atoms with Crippen molar-refractivity contribution < 1.29 is 14.7 Å². The number of aliphatic carboxylic acids is 1. The zero-order valence-electron chi connectivity index (χ0n) is 8.32. The number of rotatable bonds is 6. The molecule has 0 aliphatic carbocycles. The second-order valence-corrected chi connectivity index (χ2v) is 3.05. The van der Waals surface area contributed by atoms with Crippen molar-refractivity contribution in [1.29, 1.82) is 0 Å². The predicted octanol–water partition coefficient (Wildman–Crippen LogP) is 0.723. The molecule has 0 rings (SSSR count). The van der Waals surface area contributed by atoms with E-state index in [1.165, 1.54) is 11.9 Å². The van der Waals surface area contributed by atoms with Crippen LogP contribution in [0.15, 0.2) is 0 Å². The van der Waals surface area contributed by atoms with E-state index in [1.807, 2.05) is 0 Å². The van der Waals surface area contributed by atoms with Gasteiger partial charge in [-0.3, -0.25) is 9.59 Å². The number of carboxylic acid groups (broad SMARTS) is 1. The maximum atomic E-state index is 11.3. The van der Waals surface area contributed by atoms with Crippen molar-refractivity contribution in [2.24, 2.45) is 0 Å². The monoisotopic (exact) mass is 197 g/mol. The third-order valence-corrected chi connectivity index (χ3v) is 1.76. The molecule has 1 N–H and O–H groups in total. The Morgan fingerprint density at radius 3 is 2.57 bits per heavy atom. The van der Waals surface area contributed by atoms with Crippen LogP contribution in [0, 0.1) is 12.3 Å². The Morgan fingerprint density at radius 1 is 1.43 bits per heavy atom. The molecule has 4 nitrogen and oxygen atoms in total. The third kappa shape index (κ3) is 6.06. The molecule has 0 aromatic carbocycles. The Balaban J connectivity index is 3.63. The van der Waals surface area contributed by atoms with E-state index in [0.29, 0.717) is 19.3 Å². The summed E-state index contributed by atoms with van der Waals surface area (Å²) in [5.74, 6) is 1.34. The first-order chi connectivity index (χ1) is 6.57. The fourth-order valence-corrected chi connectivity index (χ4v) is 0.985. The molecule has 0 atom stereocenters. The summed E-state index contributed by atoms with van der Waals surface area (Å²) in [4.78, 5) is 22.7. The molecule has 0 saturated heterocycles. The lowest BCUT2D eigenvalue weighted by Crippen LogP contribution is -2.31. The average Bonchev–Trinajstić information content (AvgIpc) is 2.11. The van der Waals surface area contributed by atoms with E-state index in [2.05, 4.69) is 5.92 Å². The molecule has 0 heterocycles. The van der Waals surface area contributed by atoms with Crippen LogP contribution in [0.2, 0.25) is 0 Å². The Labute approximate surface area is 83.9 Å². The van der Waals surface area contributed by atoms with Gasteiger partial charge in [-0.2, -0.15) is 0 Å². The van der Waals surface area contributed by atoms with E-state index < -0.39 is 5.97 Å². The van der Waals surface area contributed by atoms with E-state index in [4.69, 9.17) is 11.5 Å². The van der Waals surface area contributed by atoms with Crippen LogP contribution < -0.4 is 0 Å². The van der Waals surface area contributed by atoms with Crippen molar-refractivity contribution in [2.75, 3.05) is 13.6 Å². The summed E-state index contributed by atoms with van der Waals surface area (Å²) in [6.07, 6.45) is 7.60. The van der Waals surface area contributed by atoms with Gasteiger partial charge in [0.25, 0.3) is 0 Å². The van der Waals surface area contributed by atoms with Crippen molar-refractivity contribution in [3.63, 3.8) is 0 Å². The number of unbranched alkanes of at least 4 members (excludes halogenated alkanes) is 2. The van der Waals surface area contributed by atoms with E-state index in [1.54, 1.807) is 0 Å². The molecule has 0 fully saturated rings. The average molecular weight is 197 g/mol. The highest BCUT2D eigenvalue weighted by molar-refractivity contribution is 5.80. The van der Waals surface area contributed by atoms with E-state index >= 15 is 0 Å². The number of likely N-dealkylation sites (N-methyl/N-ethyl adjacent to an activating group) is 1. The largest absolute Gasteiger partial charge is 0.480 e. The van der Waals surface area contributed by atoms with Crippen molar-refractivity contribution in [2.45, 2.75) is 25.7 Å². The topological polar surface area (TPSA) is 57.6 Å². The maximum Gasteiger partial charge on any atom is 0.323 e. The highest BCUT2D eigenvalue weighted by Gasteiger charge is 2.10. The Kier molecular flexibility index (Phi) is 6.21. The number of carbonyl (C=O) groups is 2. The Morgan fingerprint density at radius 2 is 2.07 bits per heavy atom. The molecule has 0 bridgehead atoms. The molecule has 0 aromatic heterocycles. The van der Waals surface area contributed by atoms with Crippen LogP contribution in [-0.2, 0) is 9.59 Å². The number of hydrogen-bond acceptors (Lipinski definition) is 2. The molecule has 4 heteroatoms. The Bertz CT molecular complexity index is 242. The zero-order chi connectivity index (χ0) is 11.0. The first kappa shape index (κ1) is 12.5. The van der Waals surface area contributed by atoms with Crippen molar-refractivity contribution >= 4 is 11.9 Å². The quantitative estimate of drug-likeness (QED) is 0.504. The summed E-state index contributed by atoms with van der Waals surface area (Å²) in [7, 11) is 1.48. The van der Waals surface area contributed by atoms with E-state index in [9.17, 15) is 9.59 Å². The van der Waals surface area contributed by atoms with Crippen LogP contribution in [0.25, 0.3) is 0 Å². The first-order valence-electron chi connectivity index (χ1n) is 4.47. The lowest BCUT2D eigenvalue weighted by atomic mass is 10.2. The number of carbonyl (C=O) groups excluding carboxylic acids is 1. The lowest BCUT2D eigenvalue weighted by Gasteiger charge is -2.13. The normalized spacial score (nSPS) is 9.14. The minimum atomic E-state index is -0.996. The molecule has 0 unspecified atom stereocenters. The number of hydrogen-bond donors (Lipinski definition) is 1. The highest BCUT2D eigenvalue weighted by atomic mass is 16.4. The standard InChI is InChI=1S/C10H15NO3/c1-3-4-5-6-7-9(12)11(2)8-10(13)14/h1H,4-8H2,2H3,(H,13,14). The molecular formula is C10H15NO3. The van der Waals surface area contributed by atoms with Gasteiger partial charge in [-0.1, -0.05) is 0 Å². The lowest BCUT2D eigenvalue weighted by molar-refractivity contribution is -0.143. The van der Waals surface area contributed by atoms with Crippen LogP contribution in [-0.4, -0.2) is 35.5 Å². The van der Waals surface area contributed by atoms with Gasteiger partial charge in [0.2, 0.25) is 5.91 Å². The second kappa shape index (κ2) is 6.96. The SMILES string of the molecule is C#CCCCCC(=O)N(C)CC(=O)O. The molecule has 0 saturated carbocycles. The molecule has 14 heavy (non-hydrogen) atoms. The van der Waals surface area contributed by atoms with Crippen LogP contribution >= 0.6 is 0 Å². The highest BCUT2D eigenvalue weighted by Crippen LogP contribution is 2.01. The molecule has 0 aliphatic rings. The van der Waals surface area contributed by atoms with Gasteiger partial charge in [-0.15, -0.1) is 12.3 Å². The van der Waals surface area contributed by atoms with Gasteiger partial charge in [0.15, 0.2) is 0 Å². The number of amides is 1. The fraction of sp³-hybridized carbons (Fsp3) is 0.600. The smallest absolute Gasteiger partial charge is 0.323 e. The molecule has 0 aromatic rings. The van der Waals surface area contributed by atoms with E-state index in [0.717, 1.165) is 6.42 Å². The van der Waals surface area contributed by atoms with Crippen molar-refractivity contribution in [1.82, 2.24) is 4.90 Å². The molecule has 1 amide bonds. The zero-order valence-corrected chi connectivity index (χ0v) is 8.32. The summed E-state index contributed by atoms with van der Waals surface area (Å²) >= 11 is 0. The van der Waals surface area contributed by atoms with Crippen LogP contribution in [0.5, 0.6) is 0 Å². The van der Waals surface area contributed by atoms with Gasteiger partial charge in [0.05, 0.1) is 0 Å². The minimum absolute atomic E-state index is 0.149. The van der Waals surface area contributed by atoms with Crippen LogP contribution in [0.3, 0.4) is 0 Å². The predicted molar refractivity (Wildman–Crippen MR) is 52.6 cm³/mol. The summed E-state index contributed by atoms with van der Waals surface area (Å²) in [5.41, 5.74) is 0. The van der Waals surface area contributed by atoms with Gasteiger partial charge in [0, 0.05) is 19.9 Å². The third-order valence-electron chi connectivity index (χ3n) is 1.76. The summed E-state index contributed by atoms with van der Waals surface area (Å²) in [6, 6.07) is 0. The van der Waals surface area contributed by atoms with Gasteiger partial charge >= 0.3 is 5.97 Å². The molecule has 78 valence electrons.